The first-order chi connectivity index (χ1) is 12.9. The van der Waals surface area contributed by atoms with Crippen LogP contribution in [0.15, 0.2) is 41.7 Å². The highest BCUT2D eigenvalue weighted by Gasteiger charge is 2.32. The zero-order valence-electron chi connectivity index (χ0n) is 14.8. The van der Waals surface area contributed by atoms with Gasteiger partial charge in [-0.3, -0.25) is 14.8 Å². The lowest BCUT2D eigenvalue weighted by molar-refractivity contribution is 0.103. The molecule has 0 aliphatic carbocycles. The summed E-state index contributed by atoms with van der Waals surface area (Å²) in [7, 11) is 0. The van der Waals surface area contributed by atoms with E-state index in [2.05, 4.69) is 20.3 Å². The van der Waals surface area contributed by atoms with Crippen molar-refractivity contribution < 1.29 is 9.18 Å². The van der Waals surface area contributed by atoms with Crippen molar-refractivity contribution in [3.8, 4) is 0 Å². The summed E-state index contributed by atoms with van der Waals surface area (Å²) in [6.45, 7) is 1.85. The number of carbonyl (C=O) groups excluding carboxylic acids is 1. The first kappa shape index (κ1) is 20.5. The molecular weight excluding hydrogens is 421 g/mol. The van der Waals surface area contributed by atoms with Gasteiger partial charge in [-0.1, -0.05) is 11.8 Å². The van der Waals surface area contributed by atoms with Crippen molar-refractivity contribution >= 4 is 62.6 Å². The van der Waals surface area contributed by atoms with Gasteiger partial charge in [-0.05, 0) is 37.6 Å². The number of thioether (sulfide) groups is 1. The summed E-state index contributed by atoms with van der Waals surface area (Å²) in [6, 6.07) is 6.20. The van der Waals surface area contributed by atoms with Crippen LogP contribution in [0.25, 0.3) is 10.3 Å². The van der Waals surface area contributed by atoms with E-state index in [4.69, 9.17) is 5.73 Å². The van der Waals surface area contributed by atoms with Crippen LogP contribution in [0.2, 0.25) is 0 Å². The van der Waals surface area contributed by atoms with Crippen molar-refractivity contribution in [3.05, 3.63) is 52.9 Å². The van der Waals surface area contributed by atoms with Gasteiger partial charge in [0.15, 0.2) is 5.17 Å². The van der Waals surface area contributed by atoms with E-state index >= 15 is 0 Å². The average Bonchev–Trinajstić information content (AvgIpc) is 3.07. The molecule has 146 valence electrons. The van der Waals surface area contributed by atoms with Crippen LogP contribution >= 0.6 is 35.5 Å². The van der Waals surface area contributed by atoms with E-state index in [-0.39, 0.29) is 24.1 Å². The molecule has 1 aromatic carbocycles. The van der Waals surface area contributed by atoms with E-state index in [0.717, 1.165) is 5.75 Å². The number of rotatable bonds is 3. The van der Waals surface area contributed by atoms with Gasteiger partial charge >= 0.3 is 0 Å². The second kappa shape index (κ2) is 8.02. The number of nitrogens with zero attached hydrogens (tertiary/aromatic N) is 3. The number of hydrogen-bond acceptors (Lipinski definition) is 7. The number of aliphatic imine (C=N–C) groups is 1. The van der Waals surface area contributed by atoms with Crippen LogP contribution < -0.4 is 11.1 Å². The van der Waals surface area contributed by atoms with Crippen molar-refractivity contribution in [1.29, 1.82) is 0 Å². The van der Waals surface area contributed by atoms with Gasteiger partial charge in [-0.25, -0.2) is 9.37 Å². The fraction of sp³-hybridized carbons (Fsp3) is 0.222. The van der Waals surface area contributed by atoms with Gasteiger partial charge in [0.2, 0.25) is 0 Å². The van der Waals surface area contributed by atoms with Crippen LogP contribution in [0.1, 0.15) is 28.6 Å². The minimum atomic E-state index is -0.744. The topological polar surface area (TPSA) is 93.3 Å². The van der Waals surface area contributed by atoms with Crippen molar-refractivity contribution in [2.24, 2.45) is 10.7 Å². The van der Waals surface area contributed by atoms with Gasteiger partial charge in [0, 0.05) is 29.4 Å². The average molecular weight is 438 g/mol. The molecule has 1 aliphatic rings. The molecule has 3 heterocycles. The second-order valence-corrected chi connectivity index (χ2v) is 8.47. The zero-order valence-corrected chi connectivity index (χ0v) is 17.3. The summed E-state index contributed by atoms with van der Waals surface area (Å²) in [4.78, 5) is 26.6. The van der Waals surface area contributed by atoms with E-state index in [9.17, 15) is 9.18 Å². The maximum absolute atomic E-state index is 14.5. The number of anilines is 1. The Morgan fingerprint density at radius 1 is 1.29 bits per heavy atom. The number of halogens is 2. The molecule has 10 heteroatoms. The largest absolute Gasteiger partial charge is 0.379 e. The number of thiophene rings is 1. The summed E-state index contributed by atoms with van der Waals surface area (Å²) in [6.07, 6.45) is 3.83. The minimum absolute atomic E-state index is 0. The molecule has 0 spiro atoms. The zero-order chi connectivity index (χ0) is 19.0. The van der Waals surface area contributed by atoms with E-state index in [1.165, 1.54) is 35.2 Å². The normalized spacial score (nSPS) is 19.0. The van der Waals surface area contributed by atoms with Crippen molar-refractivity contribution in [2.75, 3.05) is 11.1 Å². The van der Waals surface area contributed by atoms with Gasteiger partial charge in [0.1, 0.15) is 16.2 Å². The van der Waals surface area contributed by atoms with Crippen LogP contribution in [0.3, 0.4) is 0 Å². The molecule has 0 unspecified atom stereocenters. The number of fused-ring (bicyclic) bond motifs is 1. The first-order valence-corrected chi connectivity index (χ1v) is 10.0. The number of aromatic nitrogens is 2. The quantitative estimate of drug-likeness (QED) is 0.641. The third-order valence-electron chi connectivity index (χ3n) is 4.39. The second-order valence-electron chi connectivity index (χ2n) is 6.33. The monoisotopic (exact) mass is 437 g/mol. The van der Waals surface area contributed by atoms with Gasteiger partial charge in [-0.15, -0.1) is 23.7 Å². The molecule has 2 aromatic heterocycles. The van der Waals surface area contributed by atoms with Crippen LogP contribution in [0, 0.1) is 5.82 Å². The molecule has 1 atom stereocenters. The lowest BCUT2D eigenvalue weighted by atomic mass is 9.89. The van der Waals surface area contributed by atoms with Gasteiger partial charge in [0.05, 0.1) is 10.4 Å². The van der Waals surface area contributed by atoms with E-state index in [1.807, 2.05) is 6.92 Å². The molecule has 1 aliphatic heterocycles. The lowest BCUT2D eigenvalue weighted by Gasteiger charge is -2.30. The highest BCUT2D eigenvalue weighted by Crippen LogP contribution is 2.37. The van der Waals surface area contributed by atoms with E-state index in [1.54, 1.807) is 24.5 Å². The lowest BCUT2D eigenvalue weighted by Crippen LogP contribution is -2.29. The Balaban J connectivity index is 0.00000225. The summed E-state index contributed by atoms with van der Waals surface area (Å²) in [5.41, 5.74) is 6.69. The molecule has 28 heavy (non-hydrogen) atoms. The molecule has 0 bridgehead atoms. The predicted molar refractivity (Wildman–Crippen MR) is 115 cm³/mol. The minimum Gasteiger partial charge on any atom is -0.379 e. The Bertz CT molecular complexity index is 1040. The Hall–Kier alpha value is -2.23. The van der Waals surface area contributed by atoms with E-state index < -0.39 is 5.54 Å². The number of amidine groups is 1. The van der Waals surface area contributed by atoms with Gasteiger partial charge in [-0.2, -0.15) is 0 Å². The smallest absolute Gasteiger partial charge is 0.265 e. The van der Waals surface area contributed by atoms with Crippen LogP contribution in [0.5, 0.6) is 0 Å². The number of hydrogen-bond donors (Lipinski definition) is 2. The Morgan fingerprint density at radius 2 is 2.07 bits per heavy atom. The molecule has 3 N–H and O–H groups in total. The molecule has 1 amide bonds. The number of amides is 1. The standard InChI is InChI=1S/C18H16FN5OS2.ClH/c1-18(4-7-26-17(20)24-18)11-8-10(2-3-12(11)19)23-15(25)14-9-13-16(27-14)22-6-5-21-13;/h2-3,5-6,8-9H,4,7H2,1H3,(H2,20,24)(H,23,25);1H/t18-;/m0./s1. The maximum Gasteiger partial charge on any atom is 0.265 e. The fourth-order valence-corrected chi connectivity index (χ4v) is 4.80. The summed E-state index contributed by atoms with van der Waals surface area (Å²) >= 11 is 2.72. The molecule has 0 radical (unpaired) electrons. The molecule has 6 nitrogen and oxygen atoms in total. The number of nitrogens with two attached hydrogens (primary N) is 1. The number of nitrogens with one attached hydrogen (secondary N) is 1. The molecule has 0 saturated carbocycles. The molecular formula is C18H17ClFN5OS2. The van der Waals surface area contributed by atoms with Crippen molar-refractivity contribution in [3.63, 3.8) is 0 Å². The number of benzene rings is 1. The molecule has 0 fully saturated rings. The third kappa shape index (κ3) is 3.96. The molecule has 0 saturated heterocycles. The van der Waals surface area contributed by atoms with E-state index in [0.29, 0.717) is 38.1 Å². The maximum atomic E-state index is 14.5. The Kier molecular flexibility index (Phi) is 5.87. The molecule has 4 rings (SSSR count). The summed E-state index contributed by atoms with van der Waals surface area (Å²) < 4.78 is 14.5. The number of carbonyl (C=O) groups is 1. The van der Waals surface area contributed by atoms with Crippen LogP contribution in [-0.4, -0.2) is 26.8 Å². The highest BCUT2D eigenvalue weighted by molar-refractivity contribution is 8.13. The summed E-state index contributed by atoms with van der Waals surface area (Å²) in [5, 5.41) is 3.27. The van der Waals surface area contributed by atoms with Crippen molar-refractivity contribution in [2.45, 2.75) is 18.9 Å². The first-order valence-electron chi connectivity index (χ1n) is 8.25. The van der Waals surface area contributed by atoms with Gasteiger partial charge < -0.3 is 11.1 Å². The Labute approximate surface area is 175 Å². The van der Waals surface area contributed by atoms with Gasteiger partial charge in [0.25, 0.3) is 5.91 Å². The summed E-state index contributed by atoms with van der Waals surface area (Å²) in [5.74, 6) is 0.114. The highest BCUT2D eigenvalue weighted by atomic mass is 35.5. The SMILES string of the molecule is C[C@@]1(c2cc(NC(=O)c3cc4nccnc4s3)ccc2F)CCSC(N)=N1.Cl. The predicted octanol–water partition coefficient (Wildman–Crippen LogP) is 4.17. The Morgan fingerprint density at radius 3 is 2.82 bits per heavy atom. The fourth-order valence-electron chi connectivity index (χ4n) is 2.97. The van der Waals surface area contributed by atoms with Crippen LogP contribution in [-0.2, 0) is 5.54 Å². The molecule has 3 aromatic rings. The third-order valence-corrected chi connectivity index (χ3v) is 6.22. The van der Waals surface area contributed by atoms with Crippen molar-refractivity contribution in [1.82, 2.24) is 9.97 Å². The van der Waals surface area contributed by atoms with Crippen LogP contribution in [0.4, 0.5) is 10.1 Å².